The summed E-state index contributed by atoms with van der Waals surface area (Å²) in [7, 11) is 1.64. The van der Waals surface area contributed by atoms with Crippen molar-refractivity contribution in [2.24, 2.45) is 0 Å². The van der Waals surface area contributed by atoms with Crippen molar-refractivity contribution in [2.45, 2.75) is 0 Å². The highest BCUT2D eigenvalue weighted by molar-refractivity contribution is 14.1. The van der Waals surface area contributed by atoms with Crippen LogP contribution in [0, 0.1) is 0 Å². The monoisotopic (exact) mass is 349 g/mol. The van der Waals surface area contributed by atoms with Gasteiger partial charge in [0.1, 0.15) is 6.61 Å². The molecule has 5 nitrogen and oxygen atoms in total. The van der Waals surface area contributed by atoms with Crippen LogP contribution in [0.1, 0.15) is 20.7 Å². The Bertz CT molecular complexity index is 397. The van der Waals surface area contributed by atoms with Gasteiger partial charge in [-0.05, 0) is 6.07 Å². The fourth-order valence-corrected chi connectivity index (χ4v) is 1.49. The van der Waals surface area contributed by atoms with Gasteiger partial charge in [-0.2, -0.15) is 3.22 Å². The first-order valence-corrected chi connectivity index (χ1v) is 5.78. The Morgan fingerprint density at radius 2 is 2.18 bits per heavy atom. The van der Waals surface area contributed by atoms with E-state index in [2.05, 4.69) is 8.10 Å². The van der Waals surface area contributed by atoms with E-state index < -0.39 is 0 Å². The summed E-state index contributed by atoms with van der Waals surface area (Å²) >= 11 is 1.60. The van der Waals surface area contributed by atoms with Gasteiger partial charge in [-0.1, -0.05) is 18.2 Å². The van der Waals surface area contributed by atoms with Crippen LogP contribution in [-0.2, 0) is 8.10 Å². The minimum atomic E-state index is -0.218. The quantitative estimate of drug-likeness (QED) is 0.259. The van der Waals surface area contributed by atoms with Crippen molar-refractivity contribution in [1.29, 1.82) is 0 Å². The van der Waals surface area contributed by atoms with E-state index in [4.69, 9.17) is 0 Å². The van der Waals surface area contributed by atoms with Crippen LogP contribution < -0.4 is 0 Å². The van der Waals surface area contributed by atoms with E-state index >= 15 is 0 Å². The van der Waals surface area contributed by atoms with Crippen LogP contribution in [0.4, 0.5) is 0 Å². The smallest absolute Gasteiger partial charge is 0.254 e. The van der Waals surface area contributed by atoms with Gasteiger partial charge in [0, 0.05) is 19.2 Å². The number of likely N-dealkylation sites (N-methyl/N-ethyl adjacent to an activating group) is 1. The lowest BCUT2D eigenvalue weighted by molar-refractivity contribution is -0.167. The molecular weight excluding hydrogens is 337 g/mol. The van der Waals surface area contributed by atoms with Crippen LogP contribution >= 0.6 is 23.0 Å². The van der Waals surface area contributed by atoms with E-state index in [9.17, 15) is 9.59 Å². The number of hydrogen-bond donors (Lipinski definition) is 0. The lowest BCUT2D eigenvalue weighted by atomic mass is 10.1. The molecule has 0 unspecified atom stereocenters. The molecule has 0 fully saturated rings. The van der Waals surface area contributed by atoms with Crippen LogP contribution in [0.15, 0.2) is 24.3 Å². The maximum absolute atomic E-state index is 12.0. The molecule has 0 aromatic heterocycles. The lowest BCUT2D eigenvalue weighted by Crippen LogP contribution is -2.30. The second-order valence-corrected chi connectivity index (χ2v) is 3.68. The molecule has 0 aliphatic carbocycles. The predicted octanol–water partition coefficient (Wildman–Crippen LogP) is 1.87. The van der Waals surface area contributed by atoms with E-state index in [0.29, 0.717) is 24.0 Å². The molecule has 0 aliphatic rings. The van der Waals surface area contributed by atoms with E-state index in [1.54, 1.807) is 54.3 Å². The predicted molar refractivity (Wildman–Crippen MR) is 69.8 cm³/mol. The summed E-state index contributed by atoms with van der Waals surface area (Å²) < 4.78 is 4.40. The summed E-state index contributed by atoms with van der Waals surface area (Å²) in [6.45, 7) is 0.656. The highest BCUT2D eigenvalue weighted by Gasteiger charge is 2.14. The zero-order valence-electron chi connectivity index (χ0n) is 9.26. The number of hydrogen-bond acceptors (Lipinski definition) is 4. The van der Waals surface area contributed by atoms with Gasteiger partial charge in [0.05, 0.1) is 5.56 Å². The SMILES string of the molecule is CN(CCOOI)C(=O)c1ccccc1C=O. The van der Waals surface area contributed by atoms with Crippen molar-refractivity contribution in [2.75, 3.05) is 20.2 Å². The lowest BCUT2D eigenvalue weighted by Gasteiger charge is -2.17. The van der Waals surface area contributed by atoms with Gasteiger partial charge in [-0.15, -0.1) is 0 Å². The van der Waals surface area contributed by atoms with Crippen molar-refractivity contribution in [1.82, 2.24) is 4.90 Å². The Labute approximate surface area is 113 Å². The second kappa shape index (κ2) is 7.36. The van der Waals surface area contributed by atoms with Gasteiger partial charge in [0.2, 0.25) is 0 Å². The Morgan fingerprint density at radius 3 is 2.82 bits per heavy atom. The molecule has 6 heteroatoms. The Kier molecular flexibility index (Phi) is 6.09. The molecule has 1 rings (SSSR count). The molecule has 0 spiro atoms. The van der Waals surface area contributed by atoms with E-state index in [-0.39, 0.29) is 12.5 Å². The third kappa shape index (κ3) is 4.06. The van der Waals surface area contributed by atoms with Crippen molar-refractivity contribution in [3.05, 3.63) is 35.4 Å². The average molecular weight is 349 g/mol. The van der Waals surface area contributed by atoms with Crippen molar-refractivity contribution in [3.63, 3.8) is 0 Å². The largest absolute Gasteiger partial charge is 0.339 e. The Morgan fingerprint density at radius 1 is 1.47 bits per heavy atom. The summed E-state index contributed by atoms with van der Waals surface area (Å²) in [5.41, 5.74) is 0.774. The molecule has 0 heterocycles. The highest BCUT2D eigenvalue weighted by atomic mass is 127. The molecule has 0 bridgehead atoms. The van der Waals surface area contributed by atoms with Crippen LogP contribution in [0.2, 0.25) is 0 Å². The summed E-state index contributed by atoms with van der Waals surface area (Å²) in [5.74, 6) is -0.218. The maximum Gasteiger partial charge on any atom is 0.254 e. The first-order valence-electron chi connectivity index (χ1n) is 4.90. The van der Waals surface area contributed by atoms with Crippen LogP contribution in [0.3, 0.4) is 0 Å². The van der Waals surface area contributed by atoms with Gasteiger partial charge >= 0.3 is 0 Å². The van der Waals surface area contributed by atoms with E-state index in [1.807, 2.05) is 0 Å². The fourth-order valence-electron chi connectivity index (χ4n) is 1.31. The third-order valence-electron chi connectivity index (χ3n) is 2.22. The maximum atomic E-state index is 12.0. The molecule has 0 aliphatic heterocycles. The number of nitrogens with zero attached hydrogens (tertiary/aromatic N) is 1. The molecule has 92 valence electrons. The number of carbonyl (C=O) groups is 2. The molecule has 1 aromatic carbocycles. The molecule has 1 amide bonds. The summed E-state index contributed by atoms with van der Waals surface area (Å²) in [6.07, 6.45) is 0.672. The standard InChI is InChI=1S/C11H12INO4/c1-13(6-7-16-17-12)11(15)10-5-3-2-4-9(10)8-14/h2-5,8H,6-7H2,1H3. The number of halogens is 1. The third-order valence-corrected chi connectivity index (χ3v) is 2.47. The number of amides is 1. The van der Waals surface area contributed by atoms with Crippen molar-refractivity contribution in [3.8, 4) is 0 Å². The van der Waals surface area contributed by atoms with E-state index in [0.717, 1.165) is 0 Å². The minimum absolute atomic E-state index is 0.218. The van der Waals surface area contributed by atoms with Crippen molar-refractivity contribution < 1.29 is 17.7 Å². The van der Waals surface area contributed by atoms with Crippen LogP contribution in [0.5, 0.6) is 0 Å². The van der Waals surface area contributed by atoms with Gasteiger partial charge in [-0.25, -0.2) is 4.89 Å². The van der Waals surface area contributed by atoms with E-state index in [1.165, 1.54) is 4.90 Å². The van der Waals surface area contributed by atoms with Gasteiger partial charge in [0.15, 0.2) is 29.3 Å². The highest BCUT2D eigenvalue weighted by Crippen LogP contribution is 2.09. The zero-order chi connectivity index (χ0) is 12.7. The first-order chi connectivity index (χ1) is 8.20. The molecule has 0 saturated carbocycles. The van der Waals surface area contributed by atoms with Gasteiger partial charge in [-0.3, -0.25) is 9.59 Å². The molecule has 17 heavy (non-hydrogen) atoms. The number of benzene rings is 1. The molecule has 0 N–H and O–H groups in total. The summed E-state index contributed by atoms with van der Waals surface area (Å²) in [5, 5.41) is 0. The number of rotatable bonds is 6. The normalized spacial score (nSPS) is 10.0. The number of aldehydes is 1. The minimum Gasteiger partial charge on any atom is -0.339 e. The number of carbonyl (C=O) groups excluding carboxylic acids is 2. The Hall–Kier alpha value is -0.990. The summed E-state index contributed by atoms with van der Waals surface area (Å²) in [6, 6.07) is 6.67. The average Bonchev–Trinajstić information content (AvgIpc) is 2.38. The Balaban J connectivity index is 2.71. The molecule has 0 atom stereocenters. The zero-order valence-corrected chi connectivity index (χ0v) is 11.4. The van der Waals surface area contributed by atoms with Gasteiger partial charge < -0.3 is 4.90 Å². The topological polar surface area (TPSA) is 55.8 Å². The molecule has 1 aromatic rings. The second-order valence-electron chi connectivity index (χ2n) is 3.32. The molecule has 0 saturated heterocycles. The fraction of sp³-hybridized carbons (Fsp3) is 0.273. The molecule has 0 radical (unpaired) electrons. The molecular formula is C11H12INO4. The first kappa shape index (κ1) is 14.1. The van der Waals surface area contributed by atoms with Crippen LogP contribution in [0.25, 0.3) is 0 Å². The van der Waals surface area contributed by atoms with Crippen LogP contribution in [-0.4, -0.2) is 37.3 Å². The van der Waals surface area contributed by atoms with Crippen molar-refractivity contribution >= 4 is 35.2 Å². The van der Waals surface area contributed by atoms with Gasteiger partial charge in [0.25, 0.3) is 5.91 Å². The summed E-state index contributed by atoms with van der Waals surface area (Å²) in [4.78, 5) is 28.9.